The molecule has 0 saturated carbocycles. The lowest BCUT2D eigenvalue weighted by Crippen LogP contribution is -2.13. The Balaban J connectivity index is 2.92. The summed E-state index contributed by atoms with van der Waals surface area (Å²) in [7, 11) is 1.57. The molecule has 0 amide bonds. The molecule has 0 aromatic heterocycles. The molecular formula is C12H16ClNO3. The number of carboxylic acids is 1. The van der Waals surface area contributed by atoms with E-state index in [0.717, 1.165) is 11.1 Å². The van der Waals surface area contributed by atoms with Gasteiger partial charge in [-0.05, 0) is 36.6 Å². The fraction of sp³-hybridized carbons (Fsp3) is 0.417. The monoisotopic (exact) mass is 257 g/mol. The molecule has 0 heterocycles. The van der Waals surface area contributed by atoms with E-state index in [9.17, 15) is 4.79 Å². The Hall–Kier alpha value is -1.26. The molecule has 17 heavy (non-hydrogen) atoms. The fourth-order valence-corrected chi connectivity index (χ4v) is 1.97. The number of rotatable bonds is 5. The van der Waals surface area contributed by atoms with Crippen molar-refractivity contribution < 1.29 is 14.6 Å². The third-order valence-electron chi connectivity index (χ3n) is 2.58. The normalized spacial score (nSPS) is 12.2. The van der Waals surface area contributed by atoms with Crippen LogP contribution < -0.4 is 10.5 Å². The molecule has 4 nitrogen and oxygen atoms in total. The van der Waals surface area contributed by atoms with Gasteiger partial charge >= 0.3 is 5.97 Å². The molecule has 94 valence electrons. The average molecular weight is 258 g/mol. The maximum Gasteiger partial charge on any atom is 0.303 e. The zero-order valence-corrected chi connectivity index (χ0v) is 10.6. The van der Waals surface area contributed by atoms with Gasteiger partial charge in [-0.2, -0.15) is 0 Å². The van der Waals surface area contributed by atoms with Gasteiger partial charge in [0.25, 0.3) is 0 Å². The highest BCUT2D eigenvalue weighted by Gasteiger charge is 2.14. The van der Waals surface area contributed by atoms with E-state index in [1.807, 2.05) is 6.92 Å². The molecule has 5 heteroatoms. The minimum atomic E-state index is -0.865. The number of carbonyl (C=O) groups is 1. The van der Waals surface area contributed by atoms with Crippen LogP contribution in [0.3, 0.4) is 0 Å². The van der Waals surface area contributed by atoms with Crippen molar-refractivity contribution in [3.63, 3.8) is 0 Å². The van der Waals surface area contributed by atoms with Gasteiger partial charge in [-0.25, -0.2) is 0 Å². The molecule has 0 fully saturated rings. The van der Waals surface area contributed by atoms with Crippen molar-refractivity contribution in [1.82, 2.24) is 0 Å². The van der Waals surface area contributed by atoms with E-state index in [1.54, 1.807) is 19.2 Å². The molecule has 0 radical (unpaired) electrons. The minimum Gasteiger partial charge on any atom is -0.496 e. The number of aliphatic carboxylic acids is 1. The molecule has 0 bridgehead atoms. The largest absolute Gasteiger partial charge is 0.496 e. The van der Waals surface area contributed by atoms with E-state index in [4.69, 9.17) is 27.2 Å². The van der Waals surface area contributed by atoms with Crippen molar-refractivity contribution in [2.45, 2.75) is 25.8 Å². The second-order valence-electron chi connectivity index (χ2n) is 3.88. The summed E-state index contributed by atoms with van der Waals surface area (Å²) in [6.45, 7) is 1.89. The number of carboxylic acid groups (broad SMARTS) is 1. The molecule has 3 N–H and O–H groups in total. The first-order valence-corrected chi connectivity index (χ1v) is 5.65. The summed E-state index contributed by atoms with van der Waals surface area (Å²) in [4.78, 5) is 10.5. The van der Waals surface area contributed by atoms with Crippen molar-refractivity contribution in [2.24, 2.45) is 5.73 Å². The average Bonchev–Trinajstić information content (AvgIpc) is 2.26. The van der Waals surface area contributed by atoms with Crippen LogP contribution in [0.2, 0.25) is 5.02 Å². The highest BCUT2D eigenvalue weighted by molar-refractivity contribution is 6.31. The summed E-state index contributed by atoms with van der Waals surface area (Å²) >= 11 is 6.09. The van der Waals surface area contributed by atoms with Crippen molar-refractivity contribution in [3.8, 4) is 5.75 Å². The van der Waals surface area contributed by atoms with Gasteiger partial charge in [-0.3, -0.25) is 4.79 Å². The first-order valence-electron chi connectivity index (χ1n) is 5.27. The maximum atomic E-state index is 10.5. The first kappa shape index (κ1) is 13.8. The SMILES string of the molecule is COc1cc(C(N)CCC(=O)O)c(Cl)cc1C. The van der Waals surface area contributed by atoms with Crippen molar-refractivity contribution in [1.29, 1.82) is 0 Å². The van der Waals surface area contributed by atoms with E-state index >= 15 is 0 Å². The van der Waals surface area contributed by atoms with E-state index < -0.39 is 12.0 Å². The summed E-state index contributed by atoms with van der Waals surface area (Å²) < 4.78 is 5.19. The molecule has 0 aliphatic rings. The van der Waals surface area contributed by atoms with Gasteiger partial charge in [0.15, 0.2) is 0 Å². The van der Waals surface area contributed by atoms with Crippen LogP contribution >= 0.6 is 11.6 Å². The van der Waals surface area contributed by atoms with Crippen LogP contribution in [0.15, 0.2) is 12.1 Å². The summed E-state index contributed by atoms with van der Waals surface area (Å²) in [5, 5.41) is 9.15. The third-order valence-corrected chi connectivity index (χ3v) is 2.91. The predicted octanol–water partition coefficient (Wildman–Crippen LogP) is 2.52. The number of ether oxygens (including phenoxy) is 1. The Morgan fingerprint density at radius 1 is 1.59 bits per heavy atom. The molecule has 0 saturated heterocycles. The van der Waals surface area contributed by atoms with Gasteiger partial charge in [-0.15, -0.1) is 0 Å². The lowest BCUT2D eigenvalue weighted by molar-refractivity contribution is -0.137. The minimum absolute atomic E-state index is 0.0215. The molecule has 1 unspecified atom stereocenters. The number of halogens is 1. The third kappa shape index (κ3) is 3.61. The maximum absolute atomic E-state index is 10.5. The summed E-state index contributed by atoms with van der Waals surface area (Å²) in [6.07, 6.45) is 0.370. The molecule has 1 aromatic rings. The quantitative estimate of drug-likeness (QED) is 0.850. The van der Waals surface area contributed by atoms with Crippen molar-refractivity contribution in [3.05, 3.63) is 28.3 Å². The number of hydrogen-bond acceptors (Lipinski definition) is 3. The van der Waals surface area contributed by atoms with Crippen LogP contribution in [-0.2, 0) is 4.79 Å². The Morgan fingerprint density at radius 3 is 2.76 bits per heavy atom. The summed E-state index contributed by atoms with van der Waals surface area (Å²) in [5.74, 6) is -0.161. The Kier molecular flexibility index (Phi) is 4.78. The first-order chi connectivity index (χ1) is 7.95. The fourth-order valence-electron chi connectivity index (χ4n) is 1.61. The number of nitrogens with two attached hydrogens (primary N) is 1. The van der Waals surface area contributed by atoms with Gasteiger partial charge < -0.3 is 15.6 Å². The lowest BCUT2D eigenvalue weighted by atomic mass is 10.0. The van der Waals surface area contributed by atoms with E-state index in [-0.39, 0.29) is 6.42 Å². The van der Waals surface area contributed by atoms with E-state index in [1.165, 1.54) is 0 Å². The van der Waals surface area contributed by atoms with Crippen molar-refractivity contribution >= 4 is 17.6 Å². The number of aryl methyl sites for hydroxylation is 1. The molecule has 0 aliphatic carbocycles. The van der Waals surface area contributed by atoms with Crippen LogP contribution in [0.25, 0.3) is 0 Å². The Labute approximate surface area is 105 Å². The van der Waals surface area contributed by atoms with E-state index in [2.05, 4.69) is 0 Å². The van der Waals surface area contributed by atoms with Gasteiger partial charge in [0.05, 0.1) is 7.11 Å². The predicted molar refractivity (Wildman–Crippen MR) is 66.5 cm³/mol. The second kappa shape index (κ2) is 5.89. The van der Waals surface area contributed by atoms with Gasteiger partial charge in [0, 0.05) is 17.5 Å². The molecular weight excluding hydrogens is 242 g/mol. The van der Waals surface area contributed by atoms with Crippen LogP contribution in [-0.4, -0.2) is 18.2 Å². The molecule has 1 aromatic carbocycles. The second-order valence-corrected chi connectivity index (χ2v) is 4.29. The zero-order chi connectivity index (χ0) is 13.0. The van der Waals surface area contributed by atoms with Crippen LogP contribution in [0.1, 0.15) is 30.0 Å². The number of benzene rings is 1. The summed E-state index contributed by atoms with van der Waals surface area (Å²) in [6, 6.07) is 3.15. The lowest BCUT2D eigenvalue weighted by Gasteiger charge is -2.15. The van der Waals surface area contributed by atoms with Crippen LogP contribution in [0, 0.1) is 6.92 Å². The topological polar surface area (TPSA) is 72.5 Å². The van der Waals surface area contributed by atoms with Crippen molar-refractivity contribution in [2.75, 3.05) is 7.11 Å². The van der Waals surface area contributed by atoms with Gasteiger partial charge in [-0.1, -0.05) is 11.6 Å². The number of hydrogen-bond donors (Lipinski definition) is 2. The van der Waals surface area contributed by atoms with Crippen LogP contribution in [0.5, 0.6) is 5.75 Å². The molecule has 1 rings (SSSR count). The highest BCUT2D eigenvalue weighted by Crippen LogP contribution is 2.31. The Bertz CT molecular complexity index is 420. The van der Waals surface area contributed by atoms with Gasteiger partial charge in [0.2, 0.25) is 0 Å². The zero-order valence-electron chi connectivity index (χ0n) is 9.87. The highest BCUT2D eigenvalue weighted by atomic mass is 35.5. The van der Waals surface area contributed by atoms with E-state index in [0.29, 0.717) is 17.2 Å². The van der Waals surface area contributed by atoms with Crippen LogP contribution in [0.4, 0.5) is 0 Å². The molecule has 0 spiro atoms. The standard InChI is InChI=1S/C12H16ClNO3/c1-7-5-9(13)8(6-11(7)17-2)10(14)3-4-12(15)16/h5-6,10H,3-4,14H2,1-2H3,(H,15,16). The Morgan fingerprint density at radius 2 is 2.24 bits per heavy atom. The molecule has 0 aliphatic heterocycles. The smallest absolute Gasteiger partial charge is 0.303 e. The van der Waals surface area contributed by atoms with Gasteiger partial charge in [0.1, 0.15) is 5.75 Å². The molecule has 1 atom stereocenters. The summed E-state index contributed by atoms with van der Waals surface area (Å²) in [5.41, 5.74) is 7.56. The number of methoxy groups -OCH3 is 1.